The average molecular weight is 561 g/mol. The molecule has 2 atom stereocenters. The molecule has 1 amide bonds. The number of nitrogens with two attached hydrogens (primary N) is 1. The molecule has 1 fully saturated rings. The fourth-order valence-corrected chi connectivity index (χ4v) is 6.11. The zero-order valence-electron chi connectivity index (χ0n) is 20.8. The number of fused-ring (bicyclic) bond motifs is 1. The molecule has 200 valence electrons. The first-order valence-corrected chi connectivity index (χ1v) is 13.3. The molecule has 2 aliphatic heterocycles. The number of aliphatic carboxylic acids is 2. The molecule has 2 aliphatic rings. The van der Waals surface area contributed by atoms with E-state index in [-0.39, 0.29) is 28.7 Å². The average Bonchev–Trinajstić information content (AvgIpc) is 3.29. The number of β-lactam (4-membered cyclic amide) rings is 1. The third-order valence-corrected chi connectivity index (χ3v) is 8.58. The predicted octanol–water partition coefficient (Wildman–Crippen LogP) is 1.52. The number of carbonyl (C=O) groups excluding carboxylic acids is 2. The molecule has 0 radical (unpaired) electrons. The van der Waals surface area contributed by atoms with Gasteiger partial charge >= 0.3 is 11.9 Å². The summed E-state index contributed by atoms with van der Waals surface area (Å²) in [6, 6.07) is 5.50. The van der Waals surface area contributed by atoms with Crippen LogP contribution in [0.25, 0.3) is 0 Å². The Morgan fingerprint density at radius 3 is 2.55 bits per heavy atom. The highest BCUT2D eigenvalue weighted by atomic mass is 32.2. The van der Waals surface area contributed by atoms with Crippen LogP contribution in [0.4, 0.5) is 5.13 Å². The number of hydrogen-bond acceptors (Lipinski definition) is 10. The number of anilines is 1. The molecule has 0 spiro atoms. The zero-order chi connectivity index (χ0) is 27.8. The summed E-state index contributed by atoms with van der Waals surface area (Å²) in [7, 11) is 0. The highest BCUT2D eigenvalue weighted by Crippen LogP contribution is 2.54. The molecule has 0 bridgehead atoms. The number of carboxylic acid groups (broad SMARTS) is 2. The van der Waals surface area contributed by atoms with Crippen LogP contribution in [0.3, 0.4) is 0 Å². The molecule has 0 unspecified atom stereocenters. The molecule has 0 aromatic carbocycles. The Hall–Kier alpha value is -3.78. The summed E-state index contributed by atoms with van der Waals surface area (Å²) in [5.41, 5.74) is 4.31. The summed E-state index contributed by atoms with van der Waals surface area (Å²) < 4.78 is 1.83. The fraction of sp³-hybridized carbons (Fsp3) is 0.375. The number of thiazole rings is 1. The number of carboxylic acids is 2. The number of carbonyl (C=O) groups is 4. The second kappa shape index (κ2) is 10.2. The SMILES string of the molecule is CC(C)(O/N=C(\C(=O)C[C@@H]1C(=O)N2C(C(=O)O)=C(C[n+]3ccccc3)CS[C@]12C)c1csc(N)n1)C(=O)O. The van der Waals surface area contributed by atoms with Gasteiger partial charge in [0.05, 0.1) is 5.92 Å². The van der Waals surface area contributed by atoms with Gasteiger partial charge in [0.25, 0.3) is 0 Å². The molecule has 14 heteroatoms. The summed E-state index contributed by atoms with van der Waals surface area (Å²) in [6.45, 7) is 4.58. The molecule has 0 saturated carbocycles. The van der Waals surface area contributed by atoms with Gasteiger partial charge in [-0.15, -0.1) is 23.1 Å². The van der Waals surface area contributed by atoms with Gasteiger partial charge in [0.1, 0.15) is 16.3 Å². The normalized spacial score (nSPS) is 21.6. The number of amides is 1. The maximum Gasteiger partial charge on any atom is 0.352 e. The summed E-state index contributed by atoms with van der Waals surface area (Å²) in [5, 5.41) is 24.8. The zero-order valence-corrected chi connectivity index (χ0v) is 22.4. The lowest BCUT2D eigenvalue weighted by molar-refractivity contribution is -0.689. The van der Waals surface area contributed by atoms with Crippen molar-refractivity contribution in [3.05, 3.63) is 52.9 Å². The second-order valence-corrected chi connectivity index (χ2v) is 11.7. The van der Waals surface area contributed by atoms with Gasteiger partial charge in [0.15, 0.2) is 35.6 Å². The Bertz CT molecular complexity index is 1370. The first-order chi connectivity index (χ1) is 17.8. The van der Waals surface area contributed by atoms with Crippen LogP contribution in [0.15, 0.2) is 52.4 Å². The highest BCUT2D eigenvalue weighted by Gasteiger charge is 2.62. The number of nitrogen functional groups attached to an aromatic ring is 1. The maximum absolute atomic E-state index is 13.4. The molecular weight excluding hydrogens is 534 g/mol. The summed E-state index contributed by atoms with van der Waals surface area (Å²) in [6.07, 6.45) is 3.32. The number of thioether (sulfide) groups is 1. The van der Waals surface area contributed by atoms with E-state index in [0.717, 1.165) is 11.3 Å². The predicted molar refractivity (Wildman–Crippen MR) is 138 cm³/mol. The van der Waals surface area contributed by atoms with E-state index in [1.807, 2.05) is 35.2 Å². The topological polar surface area (TPSA) is 176 Å². The molecule has 38 heavy (non-hydrogen) atoms. The van der Waals surface area contributed by atoms with Crippen LogP contribution in [0.1, 0.15) is 32.9 Å². The molecule has 4 N–H and O–H groups in total. The lowest BCUT2D eigenvalue weighted by Crippen LogP contribution is -2.70. The van der Waals surface area contributed by atoms with Crippen LogP contribution in [0, 0.1) is 5.92 Å². The summed E-state index contributed by atoms with van der Waals surface area (Å²) in [4.78, 5) is 59.8. The minimum absolute atomic E-state index is 0.0796. The van der Waals surface area contributed by atoms with E-state index >= 15 is 0 Å². The van der Waals surface area contributed by atoms with Gasteiger partial charge < -0.3 is 20.8 Å². The number of ketones is 1. The number of oxime groups is 1. The monoisotopic (exact) mass is 560 g/mol. The second-order valence-electron chi connectivity index (χ2n) is 9.42. The number of pyridine rings is 1. The van der Waals surface area contributed by atoms with Crippen molar-refractivity contribution in [2.45, 2.75) is 44.2 Å². The number of nitrogens with zero attached hydrogens (tertiary/aromatic N) is 4. The van der Waals surface area contributed by atoms with Crippen molar-refractivity contribution in [3.8, 4) is 0 Å². The Balaban J connectivity index is 1.60. The van der Waals surface area contributed by atoms with Crippen LogP contribution < -0.4 is 10.3 Å². The van der Waals surface area contributed by atoms with Gasteiger partial charge in [-0.3, -0.25) is 14.5 Å². The minimum Gasteiger partial charge on any atom is -0.478 e. The summed E-state index contributed by atoms with van der Waals surface area (Å²) >= 11 is 2.45. The third-order valence-electron chi connectivity index (χ3n) is 6.36. The Morgan fingerprint density at radius 2 is 1.97 bits per heavy atom. The smallest absolute Gasteiger partial charge is 0.352 e. The quantitative estimate of drug-likeness (QED) is 0.167. The lowest BCUT2D eigenvalue weighted by atomic mass is 9.81. The van der Waals surface area contributed by atoms with Gasteiger partial charge in [-0.2, -0.15) is 0 Å². The van der Waals surface area contributed by atoms with Crippen molar-refractivity contribution in [3.63, 3.8) is 0 Å². The standard InChI is InChI=1S/C24H25N5O7S2/c1-23(2,21(34)35)36-27-17(15-12-37-22(25)26-15)16(30)9-14-19(31)29-18(20(32)33)13(11-38-24(14,29)3)10-28-7-5-4-6-8-28/h4-8,12,14H,9-11H2,1-3H3,(H3-,25,26,32,33,34,35)/p+1/b27-17-/t14-,24-/m1/s1. The van der Waals surface area contributed by atoms with Crippen molar-refractivity contribution in [1.29, 1.82) is 0 Å². The molecule has 0 aliphatic carbocycles. The largest absolute Gasteiger partial charge is 0.478 e. The molecule has 4 heterocycles. The molecule has 12 nitrogen and oxygen atoms in total. The first kappa shape index (κ1) is 27.3. The number of hydrogen-bond donors (Lipinski definition) is 3. The van der Waals surface area contributed by atoms with Crippen molar-refractivity contribution < 1.29 is 38.8 Å². The van der Waals surface area contributed by atoms with Crippen molar-refractivity contribution in [1.82, 2.24) is 9.88 Å². The van der Waals surface area contributed by atoms with Crippen molar-refractivity contribution >= 4 is 57.6 Å². The van der Waals surface area contributed by atoms with E-state index < -0.39 is 40.0 Å². The van der Waals surface area contributed by atoms with Gasteiger partial charge in [0, 0.05) is 35.3 Å². The van der Waals surface area contributed by atoms with Crippen molar-refractivity contribution in [2.24, 2.45) is 11.1 Å². The van der Waals surface area contributed by atoms with Crippen LogP contribution in [-0.4, -0.2) is 65.7 Å². The van der Waals surface area contributed by atoms with Crippen LogP contribution in [0.5, 0.6) is 0 Å². The van der Waals surface area contributed by atoms with Gasteiger partial charge in [0.2, 0.25) is 11.5 Å². The fourth-order valence-electron chi connectivity index (χ4n) is 4.17. The summed E-state index contributed by atoms with van der Waals surface area (Å²) in [5.74, 6) is -4.10. The van der Waals surface area contributed by atoms with Crippen LogP contribution >= 0.6 is 23.1 Å². The molecular formula is C24H26N5O7S2+. The molecule has 1 saturated heterocycles. The van der Waals surface area contributed by atoms with E-state index in [4.69, 9.17) is 10.6 Å². The van der Waals surface area contributed by atoms with E-state index in [1.54, 1.807) is 6.92 Å². The van der Waals surface area contributed by atoms with E-state index in [0.29, 0.717) is 17.9 Å². The number of Topliss-reactive ketones (excluding diaryl/α,β-unsaturated/α-hetero) is 1. The Labute approximate surface area is 225 Å². The lowest BCUT2D eigenvalue weighted by Gasteiger charge is -2.57. The van der Waals surface area contributed by atoms with E-state index in [9.17, 15) is 29.4 Å². The van der Waals surface area contributed by atoms with Crippen molar-refractivity contribution in [2.75, 3.05) is 11.5 Å². The van der Waals surface area contributed by atoms with Gasteiger partial charge in [-0.05, 0) is 20.8 Å². The Morgan fingerprint density at radius 1 is 1.29 bits per heavy atom. The van der Waals surface area contributed by atoms with Gasteiger partial charge in [-0.1, -0.05) is 11.2 Å². The minimum atomic E-state index is -1.73. The van der Waals surface area contributed by atoms with Crippen LogP contribution in [-0.2, 0) is 30.6 Å². The molecule has 2 aromatic heterocycles. The highest BCUT2D eigenvalue weighted by molar-refractivity contribution is 8.01. The Kier molecular flexibility index (Phi) is 7.30. The maximum atomic E-state index is 13.4. The number of aromatic nitrogens is 2. The van der Waals surface area contributed by atoms with E-state index in [1.165, 1.54) is 35.9 Å². The van der Waals surface area contributed by atoms with E-state index in [2.05, 4.69) is 10.1 Å². The van der Waals surface area contributed by atoms with Gasteiger partial charge in [-0.25, -0.2) is 19.1 Å². The first-order valence-electron chi connectivity index (χ1n) is 11.5. The number of rotatable bonds is 10. The molecule has 2 aromatic rings. The molecule has 4 rings (SSSR count). The third kappa shape index (κ3) is 5.00. The van der Waals surface area contributed by atoms with Crippen LogP contribution in [0.2, 0.25) is 0 Å².